The van der Waals surface area contributed by atoms with E-state index in [2.05, 4.69) is 140 Å². The Morgan fingerprint density at radius 1 is 0.630 bits per heavy atom. The van der Waals surface area contributed by atoms with Gasteiger partial charge in [-0.05, 0) is 70.5 Å². The van der Waals surface area contributed by atoms with Crippen LogP contribution in [0.5, 0.6) is 0 Å². The van der Waals surface area contributed by atoms with Crippen LogP contribution in [-0.2, 0) is 16.7 Å². The molecule has 0 saturated heterocycles. The topological polar surface area (TPSA) is 61.5 Å². The molecule has 1 aromatic heterocycles. The summed E-state index contributed by atoms with van der Waals surface area (Å²) in [5.41, 5.74) is 10.4. The van der Waals surface area contributed by atoms with Crippen molar-refractivity contribution in [3.8, 4) is 0 Å². The number of pyridine rings is 1. The van der Waals surface area contributed by atoms with Gasteiger partial charge >= 0.3 is 0 Å². The van der Waals surface area contributed by atoms with E-state index in [-0.39, 0.29) is 5.75 Å². The Morgan fingerprint density at radius 2 is 1.07 bits per heavy atom. The predicted molar refractivity (Wildman–Crippen MR) is 191 cm³/mol. The molecule has 1 N–H and O–H groups in total. The Morgan fingerprint density at radius 3 is 1.52 bits per heavy atom. The lowest BCUT2D eigenvalue weighted by molar-refractivity contribution is -0.696. The fourth-order valence-electron chi connectivity index (χ4n) is 5.66. The van der Waals surface area contributed by atoms with Crippen molar-refractivity contribution < 1.29 is 17.5 Å². The molecule has 5 rings (SSSR count). The van der Waals surface area contributed by atoms with Gasteiger partial charge in [0.1, 0.15) is 6.54 Å². The van der Waals surface area contributed by atoms with Gasteiger partial charge in [-0.1, -0.05) is 109 Å². The number of benzene rings is 4. The van der Waals surface area contributed by atoms with Gasteiger partial charge < -0.3 is 4.90 Å². The van der Waals surface area contributed by atoms with Crippen LogP contribution in [-0.4, -0.2) is 31.8 Å². The van der Waals surface area contributed by atoms with Crippen LogP contribution in [0.3, 0.4) is 0 Å². The molecule has 0 unspecified atom stereocenters. The van der Waals surface area contributed by atoms with Gasteiger partial charge in [0, 0.05) is 37.3 Å². The molecule has 46 heavy (non-hydrogen) atoms. The standard InChI is InChI=1S/C40H40N2O3S/c1-3-42(4-2)38-24-22-37(23-25-38)40(35-14-9-6-10-15-35)39(34-12-7-5-8-13-34)36-20-18-32(19-21-36)16-17-33-26-29-41(30-27-33)28-11-31-46(43,44)45/h5-10,12-27,29-30H,3-4,11,28,31H2,1-2H3/p+1. The minimum Gasteiger partial charge on any atom is -0.372 e. The number of hydrogen-bond acceptors (Lipinski definition) is 3. The molecule has 1 heterocycles. The Hall–Kier alpha value is -4.78. The fourth-order valence-corrected chi connectivity index (χ4v) is 6.15. The fraction of sp³-hybridized carbons (Fsp3) is 0.175. The quantitative estimate of drug-likeness (QED) is 0.0809. The molecule has 5 aromatic rings. The van der Waals surface area contributed by atoms with Gasteiger partial charge in [0.2, 0.25) is 0 Å². The Kier molecular flexibility index (Phi) is 11.0. The van der Waals surface area contributed by atoms with E-state index in [1.54, 1.807) is 0 Å². The predicted octanol–water partition coefficient (Wildman–Crippen LogP) is 8.28. The van der Waals surface area contributed by atoms with Crippen LogP contribution in [0.15, 0.2) is 134 Å². The van der Waals surface area contributed by atoms with Gasteiger partial charge in [0.25, 0.3) is 10.1 Å². The Balaban J connectivity index is 1.48. The zero-order valence-corrected chi connectivity index (χ0v) is 27.3. The third-order valence-corrected chi connectivity index (χ3v) is 8.87. The molecule has 0 saturated carbocycles. The van der Waals surface area contributed by atoms with Crippen molar-refractivity contribution in [3.05, 3.63) is 167 Å². The normalized spacial score (nSPS) is 12.2. The van der Waals surface area contributed by atoms with Crippen LogP contribution in [0.2, 0.25) is 0 Å². The van der Waals surface area contributed by atoms with Gasteiger partial charge in [-0.2, -0.15) is 8.42 Å². The molecule has 234 valence electrons. The van der Waals surface area contributed by atoms with Crippen LogP contribution in [0.1, 0.15) is 53.6 Å². The van der Waals surface area contributed by atoms with Crippen molar-refractivity contribution in [2.75, 3.05) is 23.7 Å². The molecule has 0 amide bonds. The second kappa shape index (κ2) is 15.5. The van der Waals surface area contributed by atoms with Crippen molar-refractivity contribution >= 4 is 39.1 Å². The lowest BCUT2D eigenvalue weighted by Gasteiger charge is -2.22. The van der Waals surface area contributed by atoms with Crippen LogP contribution in [0.4, 0.5) is 5.69 Å². The summed E-state index contributed by atoms with van der Waals surface area (Å²) in [6, 6.07) is 42.9. The zero-order valence-electron chi connectivity index (χ0n) is 26.5. The van der Waals surface area contributed by atoms with E-state index >= 15 is 0 Å². The van der Waals surface area contributed by atoms with Crippen molar-refractivity contribution in [3.63, 3.8) is 0 Å². The van der Waals surface area contributed by atoms with E-state index in [1.165, 1.54) is 28.0 Å². The molecule has 6 heteroatoms. The summed E-state index contributed by atoms with van der Waals surface area (Å²) in [5.74, 6) is -0.241. The molecule has 4 aromatic carbocycles. The molecular formula is C40H41N2O3S+. The molecule has 0 aliphatic rings. The minimum absolute atomic E-state index is 0.241. The number of anilines is 1. The van der Waals surface area contributed by atoms with E-state index in [4.69, 9.17) is 4.55 Å². The first-order chi connectivity index (χ1) is 22.3. The minimum atomic E-state index is -3.93. The SMILES string of the molecule is CCN(CC)c1ccc(/C(=C(\c2ccccc2)c2ccc(/C=C/c3cc[n+](CCCS(=O)(=O)O)cc3)cc2)c2ccccc2)cc1. The molecule has 0 aliphatic carbocycles. The second-order valence-electron chi connectivity index (χ2n) is 11.2. The van der Waals surface area contributed by atoms with Gasteiger partial charge in [-0.3, -0.25) is 4.55 Å². The number of hydrogen-bond donors (Lipinski definition) is 1. The highest BCUT2D eigenvalue weighted by atomic mass is 32.2. The lowest BCUT2D eigenvalue weighted by atomic mass is 9.85. The summed E-state index contributed by atoms with van der Waals surface area (Å²) in [6.07, 6.45) is 8.36. The first kappa shape index (κ1) is 32.6. The van der Waals surface area contributed by atoms with E-state index in [9.17, 15) is 8.42 Å². The smallest absolute Gasteiger partial charge is 0.265 e. The maximum Gasteiger partial charge on any atom is 0.265 e. The summed E-state index contributed by atoms with van der Waals surface area (Å²) in [7, 11) is -3.93. The largest absolute Gasteiger partial charge is 0.372 e. The summed E-state index contributed by atoms with van der Waals surface area (Å²) in [6.45, 7) is 6.84. The zero-order chi connectivity index (χ0) is 32.4. The highest BCUT2D eigenvalue weighted by Crippen LogP contribution is 2.37. The van der Waals surface area contributed by atoms with E-state index in [0.717, 1.165) is 35.3 Å². The summed E-state index contributed by atoms with van der Waals surface area (Å²) in [5, 5.41) is 0. The van der Waals surface area contributed by atoms with Gasteiger partial charge in [0.05, 0.1) is 5.75 Å². The van der Waals surface area contributed by atoms with Gasteiger partial charge in [-0.25, -0.2) is 4.57 Å². The highest BCUT2D eigenvalue weighted by Gasteiger charge is 2.17. The van der Waals surface area contributed by atoms with Crippen molar-refractivity contribution in [1.29, 1.82) is 0 Å². The molecule has 0 atom stereocenters. The molecule has 0 fully saturated rings. The molecule has 5 nitrogen and oxygen atoms in total. The first-order valence-corrected chi connectivity index (χ1v) is 17.4. The number of aryl methyl sites for hydroxylation is 1. The van der Waals surface area contributed by atoms with E-state index in [0.29, 0.717) is 13.0 Å². The number of rotatable bonds is 13. The Labute approximate surface area is 273 Å². The van der Waals surface area contributed by atoms with Crippen LogP contribution in [0, 0.1) is 0 Å². The number of aromatic nitrogens is 1. The summed E-state index contributed by atoms with van der Waals surface area (Å²) in [4.78, 5) is 2.36. The van der Waals surface area contributed by atoms with Gasteiger partial charge in [0.15, 0.2) is 12.4 Å². The third kappa shape index (κ3) is 8.68. The number of nitrogens with zero attached hydrogens (tertiary/aromatic N) is 2. The van der Waals surface area contributed by atoms with Gasteiger partial charge in [-0.15, -0.1) is 0 Å². The summed E-state index contributed by atoms with van der Waals surface area (Å²) >= 11 is 0. The molecular weight excluding hydrogens is 589 g/mol. The van der Waals surface area contributed by atoms with Crippen molar-refractivity contribution in [1.82, 2.24) is 0 Å². The average molecular weight is 630 g/mol. The van der Waals surface area contributed by atoms with Crippen molar-refractivity contribution in [2.45, 2.75) is 26.8 Å². The second-order valence-corrected chi connectivity index (χ2v) is 12.7. The molecule has 0 radical (unpaired) electrons. The lowest BCUT2D eigenvalue weighted by Crippen LogP contribution is -2.33. The maximum absolute atomic E-state index is 11.0. The maximum atomic E-state index is 11.0. The van der Waals surface area contributed by atoms with E-state index in [1.807, 2.05) is 29.1 Å². The van der Waals surface area contributed by atoms with E-state index < -0.39 is 10.1 Å². The van der Waals surface area contributed by atoms with Crippen LogP contribution in [0.25, 0.3) is 23.3 Å². The average Bonchev–Trinajstić information content (AvgIpc) is 3.08. The first-order valence-electron chi connectivity index (χ1n) is 15.8. The monoisotopic (exact) mass is 629 g/mol. The van der Waals surface area contributed by atoms with Crippen LogP contribution >= 0.6 is 0 Å². The molecule has 0 bridgehead atoms. The molecule has 0 spiro atoms. The molecule has 0 aliphatic heterocycles. The van der Waals surface area contributed by atoms with Crippen LogP contribution < -0.4 is 9.47 Å². The summed E-state index contributed by atoms with van der Waals surface area (Å²) < 4.78 is 32.8. The third-order valence-electron chi connectivity index (χ3n) is 8.06. The highest BCUT2D eigenvalue weighted by molar-refractivity contribution is 7.85. The Bertz CT molecular complexity index is 1860. The van der Waals surface area contributed by atoms with Crippen molar-refractivity contribution in [2.24, 2.45) is 0 Å².